The highest BCUT2D eigenvalue weighted by atomic mass is 16.4. The van der Waals surface area contributed by atoms with Crippen molar-refractivity contribution in [3.8, 4) is 0 Å². The molecule has 1 aliphatic rings. The van der Waals surface area contributed by atoms with E-state index in [1.165, 1.54) is 4.90 Å². The van der Waals surface area contributed by atoms with E-state index in [0.29, 0.717) is 24.0 Å². The molecular weight excluding hydrogens is 360 g/mol. The van der Waals surface area contributed by atoms with Gasteiger partial charge in [0.1, 0.15) is 6.54 Å². The Morgan fingerprint density at radius 1 is 1.25 bits per heavy atom. The van der Waals surface area contributed by atoms with E-state index in [2.05, 4.69) is 14.9 Å². The summed E-state index contributed by atoms with van der Waals surface area (Å²) in [5.41, 5.74) is 2.35. The fourth-order valence-electron chi connectivity index (χ4n) is 3.56. The Morgan fingerprint density at radius 2 is 2.00 bits per heavy atom. The van der Waals surface area contributed by atoms with Crippen molar-refractivity contribution in [1.29, 1.82) is 0 Å². The zero-order valence-electron chi connectivity index (χ0n) is 15.8. The van der Waals surface area contributed by atoms with Crippen LogP contribution in [0.1, 0.15) is 40.2 Å². The van der Waals surface area contributed by atoms with Crippen LogP contribution in [0.5, 0.6) is 0 Å². The average Bonchev–Trinajstić information content (AvgIpc) is 2.68. The molecule has 0 unspecified atom stereocenters. The Kier molecular flexibility index (Phi) is 6.20. The highest BCUT2D eigenvalue weighted by Crippen LogP contribution is 2.28. The van der Waals surface area contributed by atoms with Crippen LogP contribution in [0.25, 0.3) is 0 Å². The zero-order chi connectivity index (χ0) is 20.1. The highest BCUT2D eigenvalue weighted by Gasteiger charge is 2.22. The monoisotopic (exact) mass is 384 g/mol. The van der Waals surface area contributed by atoms with Crippen molar-refractivity contribution in [2.45, 2.75) is 25.3 Å². The lowest BCUT2D eigenvalue weighted by molar-refractivity contribution is -0.135. The molecule has 0 radical (unpaired) electrons. The third-order valence-electron chi connectivity index (χ3n) is 4.92. The average molecular weight is 384 g/mol. The van der Waals surface area contributed by atoms with E-state index < -0.39 is 11.9 Å². The summed E-state index contributed by atoms with van der Waals surface area (Å²) in [5, 5.41) is 18.0. The molecule has 0 bridgehead atoms. The van der Waals surface area contributed by atoms with Crippen LogP contribution < -0.4 is 4.90 Å². The van der Waals surface area contributed by atoms with Crippen molar-refractivity contribution in [1.82, 2.24) is 14.9 Å². The summed E-state index contributed by atoms with van der Waals surface area (Å²) in [5.74, 6) is -1.15. The van der Waals surface area contributed by atoms with Crippen LogP contribution in [0.15, 0.2) is 36.7 Å². The largest absolute Gasteiger partial charge is 0.480 e. The first-order valence-electron chi connectivity index (χ1n) is 9.22. The zero-order valence-corrected chi connectivity index (χ0v) is 15.8. The summed E-state index contributed by atoms with van der Waals surface area (Å²) in [6, 6.07) is 7.19. The van der Waals surface area contributed by atoms with Gasteiger partial charge < -0.3 is 15.1 Å². The van der Waals surface area contributed by atoms with Gasteiger partial charge in [-0.15, -0.1) is 0 Å². The Balaban J connectivity index is 1.63. The van der Waals surface area contributed by atoms with Crippen LogP contribution >= 0.6 is 0 Å². The maximum absolute atomic E-state index is 11.2. The van der Waals surface area contributed by atoms with E-state index in [-0.39, 0.29) is 6.54 Å². The summed E-state index contributed by atoms with van der Waals surface area (Å²) in [7, 11) is 1.64. The van der Waals surface area contributed by atoms with Crippen LogP contribution in [0.2, 0.25) is 0 Å². The number of aromatic carboxylic acids is 1. The molecule has 1 atom stereocenters. The molecule has 2 N–H and O–H groups in total. The second-order valence-corrected chi connectivity index (χ2v) is 7.15. The molecule has 1 fully saturated rings. The number of aromatic nitrogens is 2. The molecule has 1 aromatic carbocycles. The molecule has 1 aromatic heterocycles. The molecule has 3 rings (SSSR count). The Morgan fingerprint density at radius 3 is 2.68 bits per heavy atom. The Bertz CT molecular complexity index is 840. The van der Waals surface area contributed by atoms with E-state index in [9.17, 15) is 14.7 Å². The summed E-state index contributed by atoms with van der Waals surface area (Å²) in [6.07, 6.45) is 5.54. The number of rotatable bonds is 7. The number of carboxylic acid groups (broad SMARTS) is 2. The number of piperidine rings is 1. The topological polar surface area (TPSA) is 107 Å². The third kappa shape index (κ3) is 5.04. The van der Waals surface area contributed by atoms with Crippen LogP contribution in [-0.4, -0.2) is 63.7 Å². The van der Waals surface area contributed by atoms with E-state index >= 15 is 0 Å². The number of benzene rings is 1. The normalized spacial score (nSPS) is 17.2. The number of carboxylic acids is 2. The summed E-state index contributed by atoms with van der Waals surface area (Å²) in [6.45, 7) is 2.38. The maximum Gasteiger partial charge on any atom is 0.335 e. The molecule has 0 amide bonds. The molecule has 0 aliphatic carbocycles. The number of anilines is 1. The van der Waals surface area contributed by atoms with Gasteiger partial charge in [-0.3, -0.25) is 9.69 Å². The van der Waals surface area contributed by atoms with E-state index in [0.717, 1.165) is 37.1 Å². The first-order chi connectivity index (χ1) is 13.4. The SMILES string of the molecule is CN(CC(=O)O)c1ncc(CN2CCC[C@@H](c3cccc(C(=O)O)c3)C2)cn1. The number of likely N-dealkylation sites (N-methyl/N-ethyl adjacent to an activating group) is 1. The van der Waals surface area contributed by atoms with Crippen LogP contribution in [-0.2, 0) is 11.3 Å². The molecule has 1 aliphatic heterocycles. The van der Waals surface area contributed by atoms with Gasteiger partial charge in [0.15, 0.2) is 0 Å². The van der Waals surface area contributed by atoms with Gasteiger partial charge in [-0.1, -0.05) is 12.1 Å². The van der Waals surface area contributed by atoms with Crippen molar-refractivity contribution < 1.29 is 19.8 Å². The van der Waals surface area contributed by atoms with Gasteiger partial charge in [-0.25, -0.2) is 14.8 Å². The summed E-state index contributed by atoms with van der Waals surface area (Å²) in [4.78, 5) is 34.3. The maximum atomic E-state index is 11.2. The van der Waals surface area contributed by atoms with Crippen molar-refractivity contribution in [2.24, 2.45) is 0 Å². The minimum atomic E-state index is -0.929. The lowest BCUT2D eigenvalue weighted by atomic mass is 9.89. The van der Waals surface area contributed by atoms with Crippen molar-refractivity contribution >= 4 is 17.9 Å². The summed E-state index contributed by atoms with van der Waals surface area (Å²) >= 11 is 0. The fourth-order valence-corrected chi connectivity index (χ4v) is 3.56. The van der Waals surface area contributed by atoms with E-state index in [1.54, 1.807) is 37.6 Å². The third-order valence-corrected chi connectivity index (χ3v) is 4.92. The first kappa shape index (κ1) is 19.8. The molecule has 28 heavy (non-hydrogen) atoms. The predicted octanol–water partition coefficient (Wildman–Crippen LogP) is 2.08. The van der Waals surface area contributed by atoms with Crippen LogP contribution in [0.3, 0.4) is 0 Å². The molecular formula is C20H24N4O4. The minimum absolute atomic E-state index is 0.150. The quantitative estimate of drug-likeness (QED) is 0.747. The predicted molar refractivity (Wildman–Crippen MR) is 104 cm³/mol. The molecule has 148 valence electrons. The second-order valence-electron chi connectivity index (χ2n) is 7.15. The fraction of sp³-hybridized carbons (Fsp3) is 0.400. The molecule has 2 aromatic rings. The van der Waals surface area contributed by atoms with Gasteiger partial charge in [-0.05, 0) is 43.0 Å². The van der Waals surface area contributed by atoms with Gasteiger partial charge in [0.25, 0.3) is 0 Å². The standard InChI is InChI=1S/C20H24N4O4/c1-23(13-18(25)26)20-21-9-14(10-22-20)11-24-7-3-6-17(12-24)15-4-2-5-16(8-15)19(27)28/h2,4-5,8-10,17H,3,6-7,11-13H2,1H3,(H,25,26)(H,27,28)/t17-/m1/s1. The number of likely N-dealkylation sites (tertiary alicyclic amines) is 1. The molecule has 0 saturated carbocycles. The van der Waals surface area contributed by atoms with Gasteiger partial charge in [0, 0.05) is 38.1 Å². The Labute approximate surface area is 163 Å². The summed E-state index contributed by atoms with van der Waals surface area (Å²) < 4.78 is 0. The lowest BCUT2D eigenvalue weighted by Gasteiger charge is -2.33. The lowest BCUT2D eigenvalue weighted by Crippen LogP contribution is -2.34. The van der Waals surface area contributed by atoms with E-state index in [4.69, 9.17) is 5.11 Å². The highest BCUT2D eigenvalue weighted by molar-refractivity contribution is 5.87. The van der Waals surface area contributed by atoms with Gasteiger partial charge >= 0.3 is 11.9 Å². The first-order valence-corrected chi connectivity index (χ1v) is 9.22. The molecule has 8 nitrogen and oxygen atoms in total. The second kappa shape index (κ2) is 8.79. The molecule has 1 saturated heterocycles. The molecule has 2 heterocycles. The van der Waals surface area contributed by atoms with Crippen molar-refractivity contribution in [3.05, 3.63) is 53.3 Å². The number of hydrogen-bond acceptors (Lipinski definition) is 6. The van der Waals surface area contributed by atoms with Gasteiger partial charge in [0.05, 0.1) is 5.56 Å². The Hall–Kier alpha value is -3.00. The number of aliphatic carboxylic acids is 1. The van der Waals surface area contributed by atoms with Gasteiger partial charge in [0.2, 0.25) is 5.95 Å². The molecule has 0 spiro atoms. The van der Waals surface area contributed by atoms with Crippen molar-refractivity contribution in [2.75, 3.05) is 31.6 Å². The number of nitrogens with zero attached hydrogens (tertiary/aromatic N) is 4. The number of hydrogen-bond donors (Lipinski definition) is 2. The molecule has 8 heteroatoms. The van der Waals surface area contributed by atoms with Gasteiger partial charge in [-0.2, -0.15) is 0 Å². The minimum Gasteiger partial charge on any atom is -0.480 e. The smallest absolute Gasteiger partial charge is 0.335 e. The number of carbonyl (C=O) groups is 2. The van der Waals surface area contributed by atoms with Crippen LogP contribution in [0.4, 0.5) is 5.95 Å². The van der Waals surface area contributed by atoms with Crippen molar-refractivity contribution in [3.63, 3.8) is 0 Å². The van der Waals surface area contributed by atoms with E-state index in [1.807, 2.05) is 6.07 Å². The van der Waals surface area contributed by atoms with Crippen LogP contribution in [0, 0.1) is 0 Å².